The van der Waals surface area contributed by atoms with E-state index < -0.39 is 0 Å². The number of fused-ring (bicyclic) bond motifs is 1. The standard InChI is InChI=1S/C19H18FN5O2S/c1-11(2)17-22-16(23-27-17)9-24(3)18(26)15-10-28-19-21-14(8-25(15)19)12-5-4-6-13(20)7-12/h4-8,10-11H,9H2,1-3H3. The van der Waals surface area contributed by atoms with Crippen LogP contribution in [-0.4, -0.2) is 37.4 Å². The van der Waals surface area contributed by atoms with E-state index in [-0.39, 0.29) is 24.2 Å². The number of hydrogen-bond acceptors (Lipinski definition) is 6. The molecule has 144 valence electrons. The van der Waals surface area contributed by atoms with Crippen molar-refractivity contribution in [1.29, 1.82) is 0 Å². The summed E-state index contributed by atoms with van der Waals surface area (Å²) in [6, 6.07) is 6.22. The van der Waals surface area contributed by atoms with Gasteiger partial charge < -0.3 is 9.42 Å². The Morgan fingerprint density at radius 1 is 1.36 bits per heavy atom. The molecule has 9 heteroatoms. The minimum Gasteiger partial charge on any atom is -0.339 e. The van der Waals surface area contributed by atoms with Crippen LogP contribution in [0.3, 0.4) is 0 Å². The molecule has 0 aliphatic carbocycles. The first kappa shape index (κ1) is 18.3. The number of nitrogens with zero attached hydrogens (tertiary/aromatic N) is 5. The highest BCUT2D eigenvalue weighted by Gasteiger charge is 2.21. The Labute approximate surface area is 164 Å². The van der Waals surface area contributed by atoms with E-state index in [2.05, 4.69) is 15.1 Å². The molecule has 0 saturated carbocycles. The Bertz CT molecular complexity index is 1150. The molecule has 0 N–H and O–H groups in total. The summed E-state index contributed by atoms with van der Waals surface area (Å²) in [6.45, 7) is 4.16. The van der Waals surface area contributed by atoms with Crippen LogP contribution in [0.2, 0.25) is 0 Å². The maximum atomic E-state index is 13.5. The summed E-state index contributed by atoms with van der Waals surface area (Å²) in [6.07, 6.45) is 1.74. The van der Waals surface area contributed by atoms with Crippen LogP contribution in [0.1, 0.15) is 42.0 Å². The molecule has 7 nitrogen and oxygen atoms in total. The molecule has 3 aromatic heterocycles. The first-order valence-electron chi connectivity index (χ1n) is 8.73. The lowest BCUT2D eigenvalue weighted by Gasteiger charge is -2.14. The van der Waals surface area contributed by atoms with E-state index in [1.54, 1.807) is 35.2 Å². The molecular formula is C19H18FN5O2S. The van der Waals surface area contributed by atoms with Gasteiger partial charge >= 0.3 is 0 Å². The molecule has 0 radical (unpaired) electrons. The van der Waals surface area contributed by atoms with Gasteiger partial charge in [0, 0.05) is 30.1 Å². The van der Waals surface area contributed by atoms with Crippen molar-refractivity contribution in [3.05, 3.63) is 59.1 Å². The van der Waals surface area contributed by atoms with Gasteiger partial charge in [-0.2, -0.15) is 4.98 Å². The van der Waals surface area contributed by atoms with Crippen LogP contribution in [-0.2, 0) is 6.54 Å². The van der Waals surface area contributed by atoms with Crippen LogP contribution < -0.4 is 0 Å². The van der Waals surface area contributed by atoms with Crippen molar-refractivity contribution in [2.75, 3.05) is 7.05 Å². The molecular weight excluding hydrogens is 381 g/mol. The van der Waals surface area contributed by atoms with E-state index in [1.807, 2.05) is 13.8 Å². The third kappa shape index (κ3) is 3.40. The SMILES string of the molecule is CC(C)c1nc(CN(C)C(=O)c2csc3nc(-c4cccc(F)c4)cn23)no1. The zero-order valence-electron chi connectivity index (χ0n) is 15.6. The lowest BCUT2D eigenvalue weighted by Crippen LogP contribution is -2.27. The number of halogens is 1. The molecule has 0 aliphatic heterocycles. The predicted molar refractivity (Wildman–Crippen MR) is 103 cm³/mol. The molecule has 1 aromatic carbocycles. The number of carbonyl (C=O) groups is 1. The Morgan fingerprint density at radius 2 is 2.18 bits per heavy atom. The van der Waals surface area contributed by atoms with Crippen LogP contribution >= 0.6 is 11.3 Å². The predicted octanol–water partition coefficient (Wildman–Crippen LogP) is 3.98. The van der Waals surface area contributed by atoms with Crippen molar-refractivity contribution in [1.82, 2.24) is 24.4 Å². The van der Waals surface area contributed by atoms with Crippen LogP contribution in [0.15, 0.2) is 40.4 Å². The van der Waals surface area contributed by atoms with Crippen molar-refractivity contribution in [2.24, 2.45) is 0 Å². The van der Waals surface area contributed by atoms with Crippen molar-refractivity contribution < 1.29 is 13.7 Å². The molecule has 0 saturated heterocycles. The monoisotopic (exact) mass is 399 g/mol. The van der Waals surface area contributed by atoms with E-state index in [4.69, 9.17) is 4.52 Å². The minimum absolute atomic E-state index is 0.131. The minimum atomic E-state index is -0.328. The fourth-order valence-corrected chi connectivity index (χ4v) is 3.62. The zero-order chi connectivity index (χ0) is 19.8. The highest BCUT2D eigenvalue weighted by atomic mass is 32.1. The van der Waals surface area contributed by atoms with Crippen molar-refractivity contribution >= 4 is 22.2 Å². The smallest absolute Gasteiger partial charge is 0.271 e. The van der Waals surface area contributed by atoms with E-state index in [9.17, 15) is 9.18 Å². The van der Waals surface area contributed by atoms with Gasteiger partial charge in [0.25, 0.3) is 5.91 Å². The van der Waals surface area contributed by atoms with Crippen molar-refractivity contribution in [3.63, 3.8) is 0 Å². The third-order valence-corrected chi connectivity index (χ3v) is 5.09. The largest absolute Gasteiger partial charge is 0.339 e. The summed E-state index contributed by atoms with van der Waals surface area (Å²) >= 11 is 1.35. The molecule has 0 aliphatic rings. The number of carbonyl (C=O) groups excluding carboxylic acids is 1. The van der Waals surface area contributed by atoms with E-state index in [0.717, 1.165) is 0 Å². The van der Waals surface area contributed by atoms with Crippen LogP contribution in [0, 0.1) is 5.82 Å². The average Bonchev–Trinajstić information content (AvgIpc) is 3.36. The molecule has 4 aromatic rings. The summed E-state index contributed by atoms with van der Waals surface area (Å²) < 4.78 is 20.4. The van der Waals surface area contributed by atoms with Gasteiger partial charge in [0.2, 0.25) is 5.89 Å². The lowest BCUT2D eigenvalue weighted by molar-refractivity contribution is 0.0774. The quantitative estimate of drug-likeness (QED) is 0.507. The molecule has 0 bridgehead atoms. The van der Waals surface area contributed by atoms with Crippen LogP contribution in [0.5, 0.6) is 0 Å². The van der Waals surface area contributed by atoms with E-state index in [1.165, 1.54) is 28.4 Å². The normalized spacial score (nSPS) is 11.5. The van der Waals surface area contributed by atoms with Gasteiger partial charge in [-0.05, 0) is 12.1 Å². The van der Waals surface area contributed by atoms with Gasteiger partial charge in [-0.15, -0.1) is 11.3 Å². The first-order valence-corrected chi connectivity index (χ1v) is 9.61. The van der Waals surface area contributed by atoms with Crippen LogP contribution in [0.25, 0.3) is 16.2 Å². The maximum Gasteiger partial charge on any atom is 0.271 e. The highest BCUT2D eigenvalue weighted by Crippen LogP contribution is 2.25. The summed E-state index contributed by atoms with van der Waals surface area (Å²) in [5.41, 5.74) is 1.75. The average molecular weight is 399 g/mol. The third-order valence-electron chi connectivity index (χ3n) is 4.25. The number of benzene rings is 1. The molecule has 1 amide bonds. The van der Waals surface area contributed by atoms with Crippen LogP contribution in [0.4, 0.5) is 4.39 Å². The second-order valence-electron chi connectivity index (χ2n) is 6.77. The van der Waals surface area contributed by atoms with Gasteiger partial charge in [-0.25, -0.2) is 9.37 Å². The number of thiazole rings is 1. The van der Waals surface area contributed by atoms with E-state index >= 15 is 0 Å². The van der Waals surface area contributed by atoms with Gasteiger partial charge in [-0.3, -0.25) is 9.20 Å². The summed E-state index contributed by atoms with van der Waals surface area (Å²) in [7, 11) is 1.68. The molecule has 28 heavy (non-hydrogen) atoms. The van der Waals surface area contributed by atoms with Gasteiger partial charge in [0.1, 0.15) is 11.5 Å². The Hall–Kier alpha value is -3.07. The number of rotatable bonds is 5. The fraction of sp³-hybridized carbons (Fsp3) is 0.263. The lowest BCUT2D eigenvalue weighted by atomic mass is 10.2. The first-order chi connectivity index (χ1) is 13.4. The Morgan fingerprint density at radius 3 is 2.89 bits per heavy atom. The maximum absolute atomic E-state index is 13.5. The summed E-state index contributed by atoms with van der Waals surface area (Å²) in [4.78, 5) is 23.9. The Kier molecular flexibility index (Phi) is 4.68. The second kappa shape index (κ2) is 7.16. The summed E-state index contributed by atoms with van der Waals surface area (Å²) in [5, 5.41) is 5.68. The Balaban J connectivity index is 1.58. The van der Waals surface area contributed by atoms with Gasteiger partial charge in [-0.1, -0.05) is 31.1 Å². The molecule has 0 spiro atoms. The van der Waals surface area contributed by atoms with Gasteiger partial charge in [0.15, 0.2) is 10.8 Å². The number of aromatic nitrogens is 4. The molecule has 0 atom stereocenters. The molecule has 0 unspecified atom stereocenters. The van der Waals surface area contributed by atoms with E-state index in [0.29, 0.717) is 33.6 Å². The van der Waals surface area contributed by atoms with Gasteiger partial charge in [0.05, 0.1) is 12.2 Å². The highest BCUT2D eigenvalue weighted by molar-refractivity contribution is 7.15. The summed E-state index contributed by atoms with van der Waals surface area (Å²) in [5.74, 6) is 0.613. The second-order valence-corrected chi connectivity index (χ2v) is 7.61. The zero-order valence-corrected chi connectivity index (χ0v) is 16.4. The molecule has 3 heterocycles. The topological polar surface area (TPSA) is 76.5 Å². The molecule has 0 fully saturated rings. The number of hydrogen-bond donors (Lipinski definition) is 0. The molecule has 4 rings (SSSR count). The number of amides is 1. The van der Waals surface area contributed by atoms with Crippen molar-refractivity contribution in [3.8, 4) is 11.3 Å². The number of imidazole rings is 1. The fourth-order valence-electron chi connectivity index (χ4n) is 2.77. The van der Waals surface area contributed by atoms with Crippen molar-refractivity contribution in [2.45, 2.75) is 26.3 Å².